The van der Waals surface area contributed by atoms with Crippen LogP contribution in [0.2, 0.25) is 0 Å². The average molecular weight is 255 g/mol. The fraction of sp³-hybridized carbons (Fsp3) is 0.0909. The van der Waals surface area contributed by atoms with E-state index in [2.05, 4.69) is 10.3 Å². The molecule has 0 spiro atoms. The highest BCUT2D eigenvalue weighted by atomic mass is 19.4. The van der Waals surface area contributed by atoms with Gasteiger partial charge in [-0.25, -0.2) is 4.79 Å². The topological polar surface area (TPSA) is 68.0 Å². The van der Waals surface area contributed by atoms with Crippen molar-refractivity contribution in [1.29, 1.82) is 0 Å². The quantitative estimate of drug-likeness (QED) is 0.822. The van der Waals surface area contributed by atoms with Crippen molar-refractivity contribution < 1.29 is 18.0 Å². The molecule has 2 rings (SSSR count). The predicted octanol–water partition coefficient (Wildman–Crippen LogP) is 2.74. The van der Waals surface area contributed by atoms with Gasteiger partial charge in [0.15, 0.2) is 0 Å². The Morgan fingerprint density at radius 3 is 2.67 bits per heavy atom. The molecule has 1 aromatic carbocycles. The summed E-state index contributed by atoms with van der Waals surface area (Å²) in [5.74, 6) is 0. The molecule has 94 valence electrons. The van der Waals surface area contributed by atoms with E-state index in [1.54, 1.807) is 12.1 Å². The van der Waals surface area contributed by atoms with Gasteiger partial charge >= 0.3 is 12.2 Å². The van der Waals surface area contributed by atoms with Crippen molar-refractivity contribution in [2.24, 2.45) is 5.73 Å². The van der Waals surface area contributed by atoms with E-state index in [0.29, 0.717) is 5.39 Å². The molecule has 0 bridgehead atoms. The number of nitrogens with one attached hydrogen (secondary N) is 1. The van der Waals surface area contributed by atoms with Crippen LogP contribution in [0.15, 0.2) is 30.5 Å². The molecule has 2 aromatic rings. The largest absolute Gasteiger partial charge is 0.433 e. The number of pyridine rings is 1. The second-order valence-electron chi connectivity index (χ2n) is 3.58. The van der Waals surface area contributed by atoms with Crippen LogP contribution in [0.1, 0.15) is 5.69 Å². The number of amides is 2. The number of carbonyl (C=O) groups is 1. The number of hydrogen-bond acceptors (Lipinski definition) is 2. The van der Waals surface area contributed by atoms with Crippen LogP contribution in [0.5, 0.6) is 0 Å². The average Bonchev–Trinajstić information content (AvgIpc) is 2.27. The lowest BCUT2D eigenvalue weighted by atomic mass is 10.1. The first-order valence-corrected chi connectivity index (χ1v) is 4.90. The third kappa shape index (κ3) is 2.34. The number of hydrogen-bond donors (Lipinski definition) is 2. The van der Waals surface area contributed by atoms with Gasteiger partial charge in [-0.2, -0.15) is 13.2 Å². The summed E-state index contributed by atoms with van der Waals surface area (Å²) >= 11 is 0. The van der Waals surface area contributed by atoms with E-state index in [1.807, 2.05) is 0 Å². The number of primary amides is 1. The van der Waals surface area contributed by atoms with E-state index in [9.17, 15) is 18.0 Å². The number of benzene rings is 1. The van der Waals surface area contributed by atoms with Crippen LogP contribution in [0.25, 0.3) is 10.8 Å². The van der Waals surface area contributed by atoms with Gasteiger partial charge in [-0.15, -0.1) is 0 Å². The van der Waals surface area contributed by atoms with E-state index < -0.39 is 17.9 Å². The van der Waals surface area contributed by atoms with Crippen LogP contribution in [-0.2, 0) is 6.18 Å². The lowest BCUT2D eigenvalue weighted by molar-refractivity contribution is -0.141. The molecular formula is C11H8F3N3O. The molecule has 0 saturated carbocycles. The van der Waals surface area contributed by atoms with Gasteiger partial charge in [0.05, 0.1) is 5.69 Å². The molecule has 3 N–H and O–H groups in total. The van der Waals surface area contributed by atoms with Crippen molar-refractivity contribution >= 4 is 22.5 Å². The minimum Gasteiger partial charge on any atom is -0.351 e. The molecule has 18 heavy (non-hydrogen) atoms. The minimum atomic E-state index is -4.53. The van der Waals surface area contributed by atoms with Gasteiger partial charge in [-0.05, 0) is 12.1 Å². The molecule has 0 radical (unpaired) electrons. The van der Waals surface area contributed by atoms with E-state index >= 15 is 0 Å². The van der Waals surface area contributed by atoms with Crippen molar-refractivity contribution in [3.63, 3.8) is 0 Å². The van der Waals surface area contributed by atoms with Crippen LogP contribution in [0, 0.1) is 0 Å². The van der Waals surface area contributed by atoms with Gasteiger partial charge in [-0.3, -0.25) is 4.98 Å². The number of nitrogens with two attached hydrogens (primary N) is 1. The Kier molecular flexibility index (Phi) is 2.82. The highest BCUT2D eigenvalue weighted by Gasteiger charge is 2.32. The molecule has 0 aliphatic heterocycles. The van der Waals surface area contributed by atoms with Gasteiger partial charge in [0.25, 0.3) is 0 Å². The Bertz CT molecular complexity index is 610. The Morgan fingerprint density at radius 1 is 1.33 bits per heavy atom. The summed E-state index contributed by atoms with van der Waals surface area (Å²) in [5.41, 5.74) is 4.15. The molecule has 0 saturated heterocycles. The Hall–Kier alpha value is -2.31. The van der Waals surface area contributed by atoms with E-state index in [1.165, 1.54) is 6.07 Å². The summed E-state index contributed by atoms with van der Waals surface area (Å²) < 4.78 is 37.6. The highest BCUT2D eigenvalue weighted by molar-refractivity contribution is 6.00. The zero-order valence-corrected chi connectivity index (χ0v) is 8.95. The smallest absolute Gasteiger partial charge is 0.351 e. The molecule has 0 aliphatic rings. The maximum atomic E-state index is 12.5. The second-order valence-corrected chi connectivity index (χ2v) is 3.58. The molecule has 1 aromatic heterocycles. The normalized spacial score (nSPS) is 11.5. The molecular weight excluding hydrogens is 247 g/mol. The molecule has 7 heteroatoms. The molecule has 1 heterocycles. The van der Waals surface area contributed by atoms with Crippen molar-refractivity contribution in [3.05, 3.63) is 36.2 Å². The first kappa shape index (κ1) is 12.2. The monoisotopic (exact) mass is 255 g/mol. The molecule has 0 aliphatic carbocycles. The third-order valence-corrected chi connectivity index (χ3v) is 2.31. The van der Waals surface area contributed by atoms with Crippen molar-refractivity contribution in [2.75, 3.05) is 5.32 Å². The zero-order chi connectivity index (χ0) is 13.3. The van der Waals surface area contributed by atoms with Crippen LogP contribution < -0.4 is 11.1 Å². The first-order valence-electron chi connectivity index (χ1n) is 4.90. The Morgan fingerprint density at radius 2 is 2.06 bits per heavy atom. The van der Waals surface area contributed by atoms with Crippen LogP contribution in [0.4, 0.5) is 23.7 Å². The summed E-state index contributed by atoms with van der Waals surface area (Å²) in [7, 11) is 0. The van der Waals surface area contributed by atoms with Crippen molar-refractivity contribution in [1.82, 2.24) is 4.98 Å². The Labute approximate surface area is 99.6 Å². The molecule has 0 fully saturated rings. The number of anilines is 1. The maximum Gasteiger partial charge on any atom is 0.433 e. The summed E-state index contributed by atoms with van der Waals surface area (Å²) in [6, 6.07) is 4.68. The maximum absolute atomic E-state index is 12.5. The van der Waals surface area contributed by atoms with Crippen LogP contribution >= 0.6 is 0 Å². The lowest BCUT2D eigenvalue weighted by Crippen LogP contribution is -2.19. The number of aromatic nitrogens is 1. The van der Waals surface area contributed by atoms with Gasteiger partial charge in [0.1, 0.15) is 5.69 Å². The van der Waals surface area contributed by atoms with Crippen LogP contribution in [0.3, 0.4) is 0 Å². The van der Waals surface area contributed by atoms with Crippen molar-refractivity contribution in [2.45, 2.75) is 6.18 Å². The molecule has 2 amide bonds. The van der Waals surface area contributed by atoms with Crippen molar-refractivity contribution in [3.8, 4) is 0 Å². The molecule has 4 nitrogen and oxygen atoms in total. The van der Waals surface area contributed by atoms with Gasteiger partial charge in [0, 0.05) is 17.0 Å². The SMILES string of the molecule is NC(=O)Nc1cccc2cnc(C(F)(F)F)cc12. The molecule has 0 unspecified atom stereocenters. The predicted molar refractivity (Wildman–Crippen MR) is 60.0 cm³/mol. The minimum absolute atomic E-state index is 0.216. The van der Waals surface area contributed by atoms with Gasteiger partial charge < -0.3 is 11.1 Å². The van der Waals surface area contributed by atoms with Gasteiger partial charge in [-0.1, -0.05) is 12.1 Å². The molecule has 0 atom stereocenters. The number of alkyl halides is 3. The standard InChI is InChI=1S/C11H8F3N3O/c12-11(13,14)9-4-7-6(5-16-9)2-1-3-8(7)17-10(15)18/h1-5H,(H3,15,17,18). The number of nitrogens with zero attached hydrogens (tertiary/aromatic N) is 1. The number of rotatable bonds is 1. The van der Waals surface area contributed by atoms with Crippen LogP contribution in [-0.4, -0.2) is 11.0 Å². The number of fused-ring (bicyclic) bond motifs is 1. The third-order valence-electron chi connectivity index (χ3n) is 2.31. The first-order chi connectivity index (χ1) is 8.38. The van der Waals surface area contributed by atoms with E-state index in [-0.39, 0.29) is 11.1 Å². The summed E-state index contributed by atoms with van der Waals surface area (Å²) in [4.78, 5) is 14.1. The fourth-order valence-corrected chi connectivity index (χ4v) is 1.57. The number of halogens is 3. The summed E-state index contributed by atoms with van der Waals surface area (Å²) in [6.45, 7) is 0. The lowest BCUT2D eigenvalue weighted by Gasteiger charge is -2.10. The fourth-order valence-electron chi connectivity index (χ4n) is 1.57. The summed E-state index contributed by atoms with van der Waals surface area (Å²) in [6.07, 6.45) is -3.43. The Balaban J connectivity index is 2.62. The highest BCUT2D eigenvalue weighted by Crippen LogP contribution is 2.31. The second kappa shape index (κ2) is 4.17. The number of carbonyl (C=O) groups excluding carboxylic acids is 1. The zero-order valence-electron chi connectivity index (χ0n) is 8.95. The summed E-state index contributed by atoms with van der Waals surface area (Å²) in [5, 5.41) is 2.99. The number of urea groups is 1. The van der Waals surface area contributed by atoms with E-state index in [0.717, 1.165) is 12.3 Å². The van der Waals surface area contributed by atoms with E-state index in [4.69, 9.17) is 5.73 Å². The van der Waals surface area contributed by atoms with Gasteiger partial charge in [0.2, 0.25) is 0 Å².